The Morgan fingerprint density at radius 3 is 1.67 bits per heavy atom. The van der Waals surface area contributed by atoms with Gasteiger partial charge in [-0.3, -0.25) is 19.9 Å². The SMILES string of the molecule is C1=CC(c2cncc(-c3ccccn3)c2)NC(c2ccc3c4ccc(-c5cccc(-c6cncc(-c7ccccn7)c6)n5)cc4c4ccccc4c3c2)=C1. The third-order valence-electron chi connectivity index (χ3n) is 10.1. The number of rotatable bonds is 6. The first-order valence-corrected chi connectivity index (χ1v) is 18.0. The molecule has 6 heteroatoms. The first-order valence-electron chi connectivity index (χ1n) is 18.0. The van der Waals surface area contributed by atoms with Crippen molar-refractivity contribution in [1.82, 2.24) is 30.2 Å². The second-order valence-corrected chi connectivity index (χ2v) is 13.5. The highest BCUT2D eigenvalue weighted by atomic mass is 14.9. The topological polar surface area (TPSA) is 76.5 Å². The van der Waals surface area contributed by atoms with E-state index in [0.29, 0.717) is 0 Å². The van der Waals surface area contributed by atoms with Gasteiger partial charge >= 0.3 is 0 Å². The van der Waals surface area contributed by atoms with Gasteiger partial charge < -0.3 is 5.32 Å². The Labute approximate surface area is 312 Å². The van der Waals surface area contributed by atoms with Crippen LogP contribution in [0.25, 0.3) is 83.0 Å². The number of nitrogens with zero attached hydrogens (tertiary/aromatic N) is 5. The molecule has 0 radical (unpaired) electrons. The zero-order valence-electron chi connectivity index (χ0n) is 29.1. The minimum absolute atomic E-state index is 0.0168. The number of pyridine rings is 5. The molecule has 54 heavy (non-hydrogen) atoms. The van der Waals surface area contributed by atoms with Crippen molar-refractivity contribution in [2.24, 2.45) is 0 Å². The molecule has 10 rings (SSSR count). The lowest BCUT2D eigenvalue weighted by Gasteiger charge is -2.23. The van der Waals surface area contributed by atoms with Crippen LogP contribution in [0.15, 0.2) is 183 Å². The van der Waals surface area contributed by atoms with Gasteiger partial charge in [-0.1, -0.05) is 78.9 Å². The Hall–Kier alpha value is -7.31. The Bertz CT molecular complexity index is 2900. The summed E-state index contributed by atoms with van der Waals surface area (Å²) in [5.41, 5.74) is 10.8. The van der Waals surface area contributed by atoms with Crippen LogP contribution < -0.4 is 5.32 Å². The molecule has 1 aliphatic rings. The predicted octanol–water partition coefficient (Wildman–Crippen LogP) is 11.0. The van der Waals surface area contributed by atoms with Crippen molar-refractivity contribution >= 4 is 38.0 Å². The number of aromatic nitrogens is 5. The molecule has 254 valence electrons. The maximum absolute atomic E-state index is 5.12. The fourth-order valence-electron chi connectivity index (χ4n) is 7.50. The first-order chi connectivity index (χ1) is 26.7. The summed E-state index contributed by atoms with van der Waals surface area (Å²) < 4.78 is 0. The van der Waals surface area contributed by atoms with Crippen molar-refractivity contribution in [2.45, 2.75) is 6.04 Å². The molecule has 0 fully saturated rings. The highest BCUT2D eigenvalue weighted by Crippen LogP contribution is 2.39. The summed E-state index contributed by atoms with van der Waals surface area (Å²) in [7, 11) is 0. The summed E-state index contributed by atoms with van der Waals surface area (Å²) in [6.07, 6.45) is 17.6. The number of dihydropyridines is 1. The molecule has 0 spiro atoms. The van der Waals surface area contributed by atoms with Gasteiger partial charge in [0.15, 0.2) is 0 Å². The van der Waals surface area contributed by atoms with Crippen LogP contribution >= 0.6 is 0 Å². The van der Waals surface area contributed by atoms with E-state index in [0.717, 1.165) is 61.9 Å². The largest absolute Gasteiger partial charge is 0.374 e. The van der Waals surface area contributed by atoms with E-state index in [1.54, 1.807) is 6.20 Å². The van der Waals surface area contributed by atoms with Crippen LogP contribution in [0, 0.1) is 0 Å². The smallest absolute Gasteiger partial charge is 0.0725 e. The molecule has 0 bridgehead atoms. The average molecular weight is 693 g/mol. The van der Waals surface area contributed by atoms with Gasteiger partial charge in [0, 0.05) is 65.1 Å². The molecule has 0 aliphatic carbocycles. The van der Waals surface area contributed by atoms with E-state index in [1.165, 1.54) is 32.3 Å². The molecule has 9 aromatic rings. The monoisotopic (exact) mass is 692 g/mol. The van der Waals surface area contributed by atoms with Crippen LogP contribution in [0.3, 0.4) is 0 Å². The molecule has 5 aromatic heterocycles. The number of fused-ring (bicyclic) bond motifs is 6. The van der Waals surface area contributed by atoms with E-state index in [2.05, 4.69) is 128 Å². The van der Waals surface area contributed by atoms with Gasteiger partial charge in [0.05, 0.1) is 28.8 Å². The zero-order valence-corrected chi connectivity index (χ0v) is 29.1. The molecule has 1 aliphatic heterocycles. The maximum Gasteiger partial charge on any atom is 0.0725 e. The van der Waals surface area contributed by atoms with Gasteiger partial charge in [0.25, 0.3) is 0 Å². The van der Waals surface area contributed by atoms with Gasteiger partial charge in [-0.05, 0) is 110 Å². The van der Waals surface area contributed by atoms with Gasteiger partial charge in [-0.25, -0.2) is 4.98 Å². The van der Waals surface area contributed by atoms with Gasteiger partial charge in [-0.2, -0.15) is 0 Å². The van der Waals surface area contributed by atoms with Crippen molar-refractivity contribution in [3.8, 4) is 45.0 Å². The molecule has 1 unspecified atom stereocenters. The Balaban J connectivity index is 1.00. The lowest BCUT2D eigenvalue weighted by atomic mass is 9.91. The minimum Gasteiger partial charge on any atom is -0.374 e. The lowest BCUT2D eigenvalue weighted by molar-refractivity contribution is 0.760. The van der Waals surface area contributed by atoms with Crippen LogP contribution in [-0.2, 0) is 0 Å². The highest BCUT2D eigenvalue weighted by Gasteiger charge is 2.17. The fourth-order valence-corrected chi connectivity index (χ4v) is 7.50. The van der Waals surface area contributed by atoms with Gasteiger partial charge in [-0.15, -0.1) is 0 Å². The van der Waals surface area contributed by atoms with Crippen LogP contribution in [0.5, 0.6) is 0 Å². The zero-order chi connectivity index (χ0) is 35.8. The summed E-state index contributed by atoms with van der Waals surface area (Å²) in [6.45, 7) is 0. The summed E-state index contributed by atoms with van der Waals surface area (Å²) in [4.78, 5) is 23.2. The van der Waals surface area contributed by atoms with Gasteiger partial charge in [0.1, 0.15) is 0 Å². The third-order valence-corrected chi connectivity index (χ3v) is 10.1. The minimum atomic E-state index is -0.0168. The van der Waals surface area contributed by atoms with Gasteiger partial charge in [0.2, 0.25) is 0 Å². The van der Waals surface area contributed by atoms with Crippen LogP contribution in [-0.4, -0.2) is 24.9 Å². The van der Waals surface area contributed by atoms with E-state index < -0.39 is 0 Å². The molecule has 1 atom stereocenters. The molecular formula is C48H32N6. The summed E-state index contributed by atoms with van der Waals surface area (Å²) in [6, 6.07) is 44.5. The number of hydrogen-bond donors (Lipinski definition) is 1. The van der Waals surface area contributed by atoms with Crippen LogP contribution in [0.4, 0.5) is 0 Å². The van der Waals surface area contributed by atoms with Crippen molar-refractivity contribution in [1.29, 1.82) is 0 Å². The second kappa shape index (κ2) is 13.3. The molecule has 6 heterocycles. The number of benzene rings is 4. The lowest BCUT2D eigenvalue weighted by Crippen LogP contribution is -2.20. The second-order valence-electron chi connectivity index (χ2n) is 13.5. The van der Waals surface area contributed by atoms with Crippen molar-refractivity contribution in [2.75, 3.05) is 0 Å². The quantitative estimate of drug-likeness (QED) is 0.175. The summed E-state index contributed by atoms with van der Waals surface area (Å²) in [5, 5.41) is 11.0. The normalized spacial score (nSPS) is 13.9. The highest BCUT2D eigenvalue weighted by molar-refractivity contribution is 6.26. The average Bonchev–Trinajstić information content (AvgIpc) is 3.27. The van der Waals surface area contributed by atoms with E-state index in [1.807, 2.05) is 73.4 Å². The maximum atomic E-state index is 5.12. The molecule has 6 nitrogen and oxygen atoms in total. The first kappa shape index (κ1) is 31.4. The van der Waals surface area contributed by atoms with E-state index in [4.69, 9.17) is 4.98 Å². The molecule has 0 amide bonds. The standard InChI is InChI=1S/C48H32N6/c1-2-10-38-37(9-1)41-25-31(45-13-7-15-47(53-45)35-23-33(27-49-29-35)43-11-3-5-21-51-43)17-19-39(41)40-20-18-32(26-42(38)40)46-14-8-16-48(54-46)36-24-34(28-50-30-36)44-12-4-6-22-52-44/h1-30,47,53H. The van der Waals surface area contributed by atoms with Crippen LogP contribution in [0.2, 0.25) is 0 Å². The van der Waals surface area contributed by atoms with Crippen molar-refractivity contribution in [3.63, 3.8) is 0 Å². The van der Waals surface area contributed by atoms with Crippen LogP contribution in [0.1, 0.15) is 17.2 Å². The Morgan fingerprint density at radius 2 is 0.981 bits per heavy atom. The molecular weight excluding hydrogens is 661 g/mol. The third kappa shape index (κ3) is 5.76. The van der Waals surface area contributed by atoms with Crippen molar-refractivity contribution < 1.29 is 0 Å². The van der Waals surface area contributed by atoms with E-state index in [-0.39, 0.29) is 6.04 Å². The number of nitrogens with one attached hydrogen (secondary N) is 1. The van der Waals surface area contributed by atoms with E-state index >= 15 is 0 Å². The predicted molar refractivity (Wildman–Crippen MR) is 219 cm³/mol. The molecule has 0 saturated carbocycles. The fraction of sp³-hybridized carbons (Fsp3) is 0.0208. The van der Waals surface area contributed by atoms with Crippen molar-refractivity contribution in [3.05, 3.63) is 194 Å². The molecule has 4 aromatic carbocycles. The number of allylic oxidation sites excluding steroid dienone is 2. The molecule has 1 N–H and O–H groups in total. The Kier molecular flexibility index (Phi) is 7.77. The summed E-state index contributed by atoms with van der Waals surface area (Å²) in [5.74, 6) is 0. The summed E-state index contributed by atoms with van der Waals surface area (Å²) >= 11 is 0. The molecule has 0 saturated heterocycles. The van der Waals surface area contributed by atoms with E-state index in [9.17, 15) is 0 Å². The number of hydrogen-bond acceptors (Lipinski definition) is 6. The Morgan fingerprint density at radius 1 is 0.426 bits per heavy atom.